The van der Waals surface area contributed by atoms with E-state index in [1.165, 1.54) is 0 Å². The molecule has 0 spiro atoms. The van der Waals surface area contributed by atoms with Gasteiger partial charge in [0.05, 0.1) is 12.1 Å². The minimum absolute atomic E-state index is 0.290. The van der Waals surface area contributed by atoms with Crippen LogP contribution in [0.4, 0.5) is 0 Å². The monoisotopic (exact) mass is 339 g/mol. The predicted molar refractivity (Wildman–Crippen MR) is 96.0 cm³/mol. The first-order valence-electron chi connectivity index (χ1n) is 7.95. The number of hydrogen-bond donors (Lipinski definition) is 1. The number of fused-ring (bicyclic) bond motifs is 3. The Kier molecular flexibility index (Phi) is 3.82. The van der Waals surface area contributed by atoms with Gasteiger partial charge < -0.3 is 13.7 Å². The van der Waals surface area contributed by atoms with Crippen LogP contribution in [0.5, 0.6) is 5.75 Å². The topological polar surface area (TPSA) is 56.0 Å². The van der Waals surface area contributed by atoms with Gasteiger partial charge in [-0.25, -0.2) is 5.10 Å². The van der Waals surface area contributed by atoms with Gasteiger partial charge in [0.2, 0.25) is 5.89 Å². The molecule has 0 aliphatic carbocycles. The molecule has 0 saturated carbocycles. The average molecular weight is 339 g/mol. The fourth-order valence-electron chi connectivity index (χ4n) is 3.03. The molecule has 1 N–H and O–H groups in total. The molecule has 0 unspecified atom stereocenters. The van der Waals surface area contributed by atoms with E-state index in [0.29, 0.717) is 19.0 Å². The van der Waals surface area contributed by atoms with Crippen LogP contribution in [0.1, 0.15) is 19.2 Å². The molecule has 0 radical (unpaired) electrons. The Morgan fingerprint density at radius 1 is 1.17 bits per heavy atom. The fourth-order valence-corrected chi connectivity index (χ4v) is 3.17. The van der Waals surface area contributed by atoms with E-state index in [1.807, 2.05) is 24.3 Å². The highest BCUT2D eigenvalue weighted by molar-refractivity contribution is 7.71. The molecular weight excluding hydrogens is 322 g/mol. The molecule has 0 aliphatic rings. The minimum Gasteiger partial charge on any atom is -0.493 e. The molecule has 2 aromatic heterocycles. The Bertz CT molecular complexity index is 1060. The molecule has 6 heteroatoms. The van der Waals surface area contributed by atoms with Crippen molar-refractivity contribution < 1.29 is 9.15 Å². The molecule has 0 atom stereocenters. The summed E-state index contributed by atoms with van der Waals surface area (Å²) >= 11 is 4.97. The molecule has 4 rings (SSSR count). The van der Waals surface area contributed by atoms with Gasteiger partial charge in [0.25, 0.3) is 4.84 Å². The first-order valence-corrected chi connectivity index (χ1v) is 8.36. The maximum Gasteiger partial charge on any atom is 0.284 e. The number of hydrogen-bond acceptors (Lipinski definition) is 4. The van der Waals surface area contributed by atoms with E-state index in [4.69, 9.17) is 21.4 Å². The summed E-state index contributed by atoms with van der Waals surface area (Å²) in [6.45, 7) is 3.32. The largest absolute Gasteiger partial charge is 0.493 e. The SMILES string of the molecule is CCCOc1cccc2c1c1ccccc1n2Cc1n[nH]c(=S)o1. The summed E-state index contributed by atoms with van der Waals surface area (Å²) in [5.41, 5.74) is 2.21. The quantitative estimate of drug-likeness (QED) is 0.537. The van der Waals surface area contributed by atoms with Gasteiger partial charge in [-0.1, -0.05) is 31.2 Å². The third-order valence-electron chi connectivity index (χ3n) is 4.00. The van der Waals surface area contributed by atoms with Crippen molar-refractivity contribution in [1.29, 1.82) is 0 Å². The summed E-state index contributed by atoms with van der Waals surface area (Å²) < 4.78 is 13.6. The molecule has 0 amide bonds. The van der Waals surface area contributed by atoms with Gasteiger partial charge in [-0.2, -0.15) is 0 Å². The molecule has 2 heterocycles. The first kappa shape index (κ1) is 15.0. The van der Waals surface area contributed by atoms with Crippen LogP contribution in [0.3, 0.4) is 0 Å². The number of nitrogens with zero attached hydrogens (tertiary/aromatic N) is 2. The molecular formula is C18H17N3O2S. The number of rotatable bonds is 5. The van der Waals surface area contributed by atoms with Gasteiger partial charge in [-0.05, 0) is 36.8 Å². The van der Waals surface area contributed by atoms with Gasteiger partial charge in [0.15, 0.2) is 0 Å². The number of para-hydroxylation sites is 1. The van der Waals surface area contributed by atoms with E-state index in [0.717, 1.165) is 34.0 Å². The van der Waals surface area contributed by atoms with Crippen LogP contribution < -0.4 is 4.74 Å². The summed E-state index contributed by atoms with van der Waals surface area (Å²) in [4.78, 5) is 0.290. The zero-order valence-electron chi connectivity index (χ0n) is 13.3. The highest BCUT2D eigenvalue weighted by atomic mass is 32.1. The van der Waals surface area contributed by atoms with E-state index < -0.39 is 0 Å². The van der Waals surface area contributed by atoms with E-state index in [1.54, 1.807) is 0 Å². The second-order valence-electron chi connectivity index (χ2n) is 5.61. The van der Waals surface area contributed by atoms with Crippen LogP contribution in [0.15, 0.2) is 46.9 Å². The molecule has 24 heavy (non-hydrogen) atoms. The van der Waals surface area contributed by atoms with Crippen molar-refractivity contribution in [3.05, 3.63) is 53.2 Å². The van der Waals surface area contributed by atoms with Crippen molar-refractivity contribution in [2.45, 2.75) is 19.9 Å². The van der Waals surface area contributed by atoms with Crippen molar-refractivity contribution in [2.75, 3.05) is 6.61 Å². The summed E-state index contributed by atoms with van der Waals surface area (Å²) in [6.07, 6.45) is 0.975. The molecule has 0 bridgehead atoms. The van der Waals surface area contributed by atoms with E-state index in [-0.39, 0.29) is 4.84 Å². The standard InChI is InChI=1S/C18H17N3O2S/c1-2-10-22-15-9-5-8-14-17(15)12-6-3-4-7-13(12)21(14)11-16-19-20-18(24)23-16/h3-9H,2,10-11H2,1H3,(H,20,24). The molecule has 0 fully saturated rings. The van der Waals surface area contributed by atoms with Crippen LogP contribution in [0.2, 0.25) is 0 Å². The van der Waals surface area contributed by atoms with Crippen molar-refractivity contribution in [1.82, 2.24) is 14.8 Å². The third-order valence-corrected chi connectivity index (χ3v) is 4.17. The molecule has 122 valence electrons. The van der Waals surface area contributed by atoms with Crippen molar-refractivity contribution in [3.63, 3.8) is 0 Å². The number of nitrogens with one attached hydrogen (secondary N) is 1. The Labute approximate surface area is 143 Å². The minimum atomic E-state index is 0.290. The predicted octanol–water partition coefficient (Wildman–Crippen LogP) is 4.68. The summed E-state index contributed by atoms with van der Waals surface area (Å²) in [5, 5.41) is 9.09. The first-order chi connectivity index (χ1) is 11.8. The average Bonchev–Trinajstić information content (AvgIpc) is 3.16. The maximum atomic E-state index is 5.97. The maximum absolute atomic E-state index is 5.97. The van der Waals surface area contributed by atoms with Crippen LogP contribution in [-0.2, 0) is 6.54 Å². The highest BCUT2D eigenvalue weighted by Crippen LogP contribution is 2.36. The van der Waals surface area contributed by atoms with Gasteiger partial charge in [0.1, 0.15) is 12.3 Å². The number of aromatic amines is 1. The summed E-state index contributed by atoms with van der Waals surface area (Å²) in [6, 6.07) is 14.4. The van der Waals surface area contributed by atoms with Gasteiger partial charge >= 0.3 is 0 Å². The van der Waals surface area contributed by atoms with Gasteiger partial charge in [0, 0.05) is 16.3 Å². The normalized spacial score (nSPS) is 11.4. The second-order valence-corrected chi connectivity index (χ2v) is 5.98. The zero-order chi connectivity index (χ0) is 16.5. The molecule has 5 nitrogen and oxygen atoms in total. The lowest BCUT2D eigenvalue weighted by Crippen LogP contribution is -2.00. The Balaban J connectivity index is 1.95. The van der Waals surface area contributed by atoms with Crippen LogP contribution in [0.25, 0.3) is 21.8 Å². The highest BCUT2D eigenvalue weighted by Gasteiger charge is 2.15. The molecule has 0 aliphatic heterocycles. The number of ether oxygens (including phenoxy) is 1. The second kappa shape index (κ2) is 6.13. The molecule has 2 aromatic carbocycles. The van der Waals surface area contributed by atoms with Crippen LogP contribution in [0, 0.1) is 4.84 Å². The number of aromatic nitrogens is 3. The van der Waals surface area contributed by atoms with Crippen molar-refractivity contribution in [3.8, 4) is 5.75 Å². The van der Waals surface area contributed by atoms with E-state index in [2.05, 4.69) is 39.9 Å². The molecule has 4 aromatic rings. The Morgan fingerprint density at radius 2 is 2.00 bits per heavy atom. The van der Waals surface area contributed by atoms with Crippen molar-refractivity contribution >= 4 is 34.0 Å². The zero-order valence-corrected chi connectivity index (χ0v) is 14.1. The van der Waals surface area contributed by atoms with E-state index >= 15 is 0 Å². The van der Waals surface area contributed by atoms with Gasteiger partial charge in [-0.15, -0.1) is 5.10 Å². The lowest BCUT2D eigenvalue weighted by Gasteiger charge is -2.07. The number of benzene rings is 2. The van der Waals surface area contributed by atoms with E-state index in [9.17, 15) is 0 Å². The van der Waals surface area contributed by atoms with Crippen LogP contribution in [-0.4, -0.2) is 21.4 Å². The van der Waals surface area contributed by atoms with Crippen LogP contribution >= 0.6 is 12.2 Å². The summed E-state index contributed by atoms with van der Waals surface area (Å²) in [5.74, 6) is 1.47. The fraction of sp³-hybridized carbons (Fsp3) is 0.222. The smallest absolute Gasteiger partial charge is 0.284 e. The third kappa shape index (κ3) is 2.49. The molecule has 0 saturated heterocycles. The lowest BCUT2D eigenvalue weighted by atomic mass is 10.1. The Morgan fingerprint density at radius 3 is 2.79 bits per heavy atom. The number of H-pyrrole nitrogens is 1. The van der Waals surface area contributed by atoms with Crippen molar-refractivity contribution in [2.24, 2.45) is 0 Å². The van der Waals surface area contributed by atoms with Gasteiger partial charge in [-0.3, -0.25) is 0 Å². The Hall–Kier alpha value is -2.60. The summed E-state index contributed by atoms with van der Waals surface area (Å²) in [7, 11) is 0. The lowest BCUT2D eigenvalue weighted by molar-refractivity contribution is 0.321.